The normalized spacial score (nSPS) is 13.9. The molecule has 1 aliphatic carbocycles. The Morgan fingerprint density at radius 2 is 1.54 bits per heavy atom. The summed E-state index contributed by atoms with van der Waals surface area (Å²) in [7, 11) is 1.62. The Balaban J connectivity index is 1.74. The van der Waals surface area contributed by atoms with Gasteiger partial charge in [0.2, 0.25) is 11.6 Å². The molecule has 0 bridgehead atoms. The Kier molecular flexibility index (Phi) is 4.47. The van der Waals surface area contributed by atoms with Gasteiger partial charge in [0.25, 0.3) is 0 Å². The number of hydrogen-bond acceptors (Lipinski definition) is 4. The molecule has 3 rings (SSSR count). The van der Waals surface area contributed by atoms with Crippen LogP contribution in [0.5, 0.6) is 5.75 Å². The lowest BCUT2D eigenvalue weighted by Gasteiger charge is -2.17. The molecule has 2 aromatic carbocycles. The number of allylic oxidation sites excluding steroid dienone is 1. The third-order valence-corrected chi connectivity index (χ3v) is 4.24. The van der Waals surface area contributed by atoms with Gasteiger partial charge in [-0.3, -0.25) is 9.59 Å². The van der Waals surface area contributed by atoms with Gasteiger partial charge in [0, 0.05) is 16.7 Å². The minimum atomic E-state index is -0.596. The maximum atomic E-state index is 12.2. The molecule has 0 unspecified atom stereocenters. The van der Waals surface area contributed by atoms with Crippen LogP contribution in [0.25, 0.3) is 5.76 Å². The lowest BCUT2D eigenvalue weighted by Crippen LogP contribution is -2.24. The number of ether oxygens (including phenoxy) is 1. The molecule has 1 N–H and O–H groups in total. The van der Waals surface area contributed by atoms with E-state index in [0.717, 1.165) is 17.7 Å². The zero-order chi connectivity index (χ0) is 17.1. The predicted octanol–water partition coefficient (Wildman–Crippen LogP) is 3.75. The van der Waals surface area contributed by atoms with Crippen LogP contribution in [0.1, 0.15) is 34.3 Å². The molecule has 1 aliphatic rings. The summed E-state index contributed by atoms with van der Waals surface area (Å²) in [5.74, 6) is -0.405. The highest BCUT2D eigenvalue weighted by Crippen LogP contribution is 2.30. The topological polar surface area (TPSA) is 63.6 Å². The predicted molar refractivity (Wildman–Crippen MR) is 91.3 cm³/mol. The summed E-state index contributed by atoms with van der Waals surface area (Å²) in [5.41, 5.74) is 2.05. The highest BCUT2D eigenvalue weighted by atomic mass is 16.5. The van der Waals surface area contributed by atoms with E-state index in [1.807, 2.05) is 24.3 Å². The van der Waals surface area contributed by atoms with E-state index >= 15 is 0 Å². The second-order valence-corrected chi connectivity index (χ2v) is 5.73. The molecule has 0 aliphatic heterocycles. The van der Waals surface area contributed by atoms with E-state index in [1.165, 1.54) is 0 Å². The van der Waals surface area contributed by atoms with Crippen molar-refractivity contribution in [2.45, 2.75) is 19.3 Å². The van der Waals surface area contributed by atoms with Crippen molar-refractivity contribution in [3.8, 4) is 5.75 Å². The Hall–Kier alpha value is -2.88. The molecular weight excluding hydrogens is 304 g/mol. The van der Waals surface area contributed by atoms with E-state index in [4.69, 9.17) is 4.74 Å². The van der Waals surface area contributed by atoms with Gasteiger partial charge in [-0.05, 0) is 37.0 Å². The van der Waals surface area contributed by atoms with E-state index in [9.17, 15) is 14.7 Å². The lowest BCUT2D eigenvalue weighted by molar-refractivity contribution is -0.112. The van der Waals surface area contributed by atoms with Gasteiger partial charge in [-0.1, -0.05) is 36.4 Å². The average molecular weight is 322 g/mol. The van der Waals surface area contributed by atoms with Crippen LogP contribution in [-0.4, -0.2) is 23.8 Å². The molecule has 4 nitrogen and oxygen atoms in total. The van der Waals surface area contributed by atoms with E-state index in [1.54, 1.807) is 31.4 Å². The molecule has 0 aromatic heterocycles. The Bertz CT molecular complexity index is 816. The number of hydrogen-bond donors (Lipinski definition) is 1. The Morgan fingerprint density at radius 1 is 0.875 bits per heavy atom. The van der Waals surface area contributed by atoms with E-state index < -0.39 is 11.6 Å². The summed E-state index contributed by atoms with van der Waals surface area (Å²) in [6.45, 7) is 0. The quantitative estimate of drug-likeness (QED) is 0.852. The zero-order valence-electron chi connectivity index (χ0n) is 13.4. The van der Waals surface area contributed by atoms with E-state index in [0.29, 0.717) is 18.4 Å². The van der Waals surface area contributed by atoms with E-state index in [2.05, 4.69) is 0 Å². The van der Waals surface area contributed by atoms with Crippen molar-refractivity contribution in [1.82, 2.24) is 0 Å². The van der Waals surface area contributed by atoms with Crippen LogP contribution in [0.4, 0.5) is 0 Å². The maximum Gasteiger partial charge on any atom is 0.234 e. The number of aryl methyl sites for hydroxylation is 1. The summed E-state index contributed by atoms with van der Waals surface area (Å²) in [5, 5.41) is 10.4. The number of aliphatic hydroxyl groups excluding tert-OH is 1. The van der Waals surface area contributed by atoms with Crippen molar-refractivity contribution in [3.63, 3.8) is 0 Å². The number of Topliss-reactive ketones (excluding diaryl/α,β-unsaturated/α-hetero) is 2. The summed E-state index contributed by atoms with van der Waals surface area (Å²) in [6, 6.07) is 14.4. The molecule has 0 radical (unpaired) electrons. The Labute approximate surface area is 140 Å². The third kappa shape index (κ3) is 2.95. The standard InChI is InChI=1S/C20H18O4/c1-24-14-11-9-13(10-12-14)5-4-8-17-18(21)15-6-2-3-7-16(15)19(22)20(17)23/h2-3,6-7,9-12,21H,4-5,8H2,1H3. The fraction of sp³-hybridized carbons (Fsp3) is 0.200. The SMILES string of the molecule is COc1ccc(CCCC2=C(O)c3ccccc3C(=O)C2=O)cc1. The largest absolute Gasteiger partial charge is 0.507 e. The third-order valence-electron chi connectivity index (χ3n) is 4.24. The van der Waals surface area contributed by atoms with Crippen molar-refractivity contribution < 1.29 is 19.4 Å². The first kappa shape index (κ1) is 16.0. The number of benzene rings is 2. The van der Waals surface area contributed by atoms with Gasteiger partial charge in [-0.15, -0.1) is 0 Å². The van der Waals surface area contributed by atoms with Gasteiger partial charge in [-0.25, -0.2) is 0 Å². The summed E-state index contributed by atoms with van der Waals surface area (Å²) in [4.78, 5) is 24.4. The zero-order valence-corrected chi connectivity index (χ0v) is 13.4. The van der Waals surface area contributed by atoms with Crippen molar-refractivity contribution in [2.24, 2.45) is 0 Å². The molecule has 0 saturated heterocycles. The minimum absolute atomic E-state index is 0.0649. The van der Waals surface area contributed by atoms with Crippen molar-refractivity contribution >= 4 is 17.3 Å². The lowest BCUT2D eigenvalue weighted by atomic mass is 9.86. The first-order chi connectivity index (χ1) is 11.6. The van der Waals surface area contributed by atoms with Crippen LogP contribution in [0.15, 0.2) is 54.1 Å². The highest BCUT2D eigenvalue weighted by molar-refractivity contribution is 6.52. The van der Waals surface area contributed by atoms with Gasteiger partial charge in [-0.2, -0.15) is 0 Å². The van der Waals surface area contributed by atoms with Gasteiger partial charge in [0.1, 0.15) is 11.5 Å². The average Bonchev–Trinajstić information content (AvgIpc) is 2.63. The molecule has 24 heavy (non-hydrogen) atoms. The second kappa shape index (κ2) is 6.71. The van der Waals surface area contributed by atoms with Crippen LogP contribution in [0.3, 0.4) is 0 Å². The number of methoxy groups -OCH3 is 1. The molecule has 0 spiro atoms. The smallest absolute Gasteiger partial charge is 0.234 e. The fourth-order valence-corrected chi connectivity index (χ4v) is 2.91. The maximum absolute atomic E-state index is 12.2. The summed E-state index contributed by atoms with van der Waals surface area (Å²) >= 11 is 0. The molecule has 4 heteroatoms. The van der Waals surface area contributed by atoms with Crippen molar-refractivity contribution in [3.05, 3.63) is 70.8 Å². The molecule has 0 saturated carbocycles. The van der Waals surface area contributed by atoms with Gasteiger partial charge in [0.05, 0.1) is 7.11 Å². The monoisotopic (exact) mass is 322 g/mol. The van der Waals surface area contributed by atoms with Gasteiger partial charge >= 0.3 is 0 Å². The number of ketones is 2. The number of carbonyl (C=O) groups excluding carboxylic acids is 2. The number of carbonyl (C=O) groups is 2. The minimum Gasteiger partial charge on any atom is -0.507 e. The summed E-state index contributed by atoms with van der Waals surface area (Å²) < 4.78 is 5.12. The molecule has 122 valence electrons. The van der Waals surface area contributed by atoms with Crippen LogP contribution < -0.4 is 4.74 Å². The van der Waals surface area contributed by atoms with Crippen LogP contribution in [0, 0.1) is 0 Å². The highest BCUT2D eigenvalue weighted by Gasteiger charge is 2.31. The molecule has 0 atom stereocenters. The van der Waals surface area contributed by atoms with Crippen LogP contribution >= 0.6 is 0 Å². The van der Waals surface area contributed by atoms with Crippen molar-refractivity contribution in [1.29, 1.82) is 0 Å². The number of aliphatic hydroxyl groups is 1. The Morgan fingerprint density at radius 3 is 2.21 bits per heavy atom. The van der Waals surface area contributed by atoms with Crippen LogP contribution in [-0.2, 0) is 11.2 Å². The van der Waals surface area contributed by atoms with Gasteiger partial charge < -0.3 is 9.84 Å². The molecule has 0 fully saturated rings. The number of fused-ring (bicyclic) bond motifs is 1. The second-order valence-electron chi connectivity index (χ2n) is 5.73. The molecular formula is C20H18O4. The first-order valence-electron chi connectivity index (χ1n) is 7.85. The van der Waals surface area contributed by atoms with Crippen LogP contribution in [0.2, 0.25) is 0 Å². The summed E-state index contributed by atoms with van der Waals surface area (Å²) in [6.07, 6.45) is 1.80. The molecule has 2 aromatic rings. The molecule has 0 heterocycles. The van der Waals surface area contributed by atoms with Crippen molar-refractivity contribution in [2.75, 3.05) is 7.11 Å². The van der Waals surface area contributed by atoms with E-state index in [-0.39, 0.29) is 16.9 Å². The number of rotatable bonds is 5. The first-order valence-corrected chi connectivity index (χ1v) is 7.85. The van der Waals surface area contributed by atoms with Gasteiger partial charge in [0.15, 0.2) is 0 Å². The molecule has 0 amide bonds. The fourth-order valence-electron chi connectivity index (χ4n) is 2.91.